The number of benzene rings is 1. The first-order valence-corrected chi connectivity index (χ1v) is 7.78. The van der Waals surface area contributed by atoms with Gasteiger partial charge in [0.1, 0.15) is 5.69 Å². The maximum Gasteiger partial charge on any atom is 0.220 e. The zero-order chi connectivity index (χ0) is 15.4. The molecule has 1 aliphatic heterocycles. The van der Waals surface area contributed by atoms with Crippen molar-refractivity contribution in [3.05, 3.63) is 41.1 Å². The van der Waals surface area contributed by atoms with Crippen LogP contribution in [0, 0.1) is 5.92 Å². The fourth-order valence-corrected chi connectivity index (χ4v) is 2.83. The Balaban J connectivity index is 1.55. The Morgan fingerprint density at radius 1 is 1.45 bits per heavy atom. The molecule has 2 heterocycles. The zero-order valence-electron chi connectivity index (χ0n) is 12.1. The Bertz CT molecular complexity index is 650. The highest BCUT2D eigenvalue weighted by atomic mass is 35.5. The summed E-state index contributed by atoms with van der Waals surface area (Å²) < 4.78 is 5.26. The molecule has 22 heavy (non-hydrogen) atoms. The zero-order valence-corrected chi connectivity index (χ0v) is 12.9. The van der Waals surface area contributed by atoms with Crippen molar-refractivity contribution in [2.45, 2.75) is 19.4 Å². The number of nitrogens with one attached hydrogen (secondary N) is 2. The van der Waals surface area contributed by atoms with Gasteiger partial charge in [-0.15, -0.1) is 0 Å². The lowest BCUT2D eigenvalue weighted by Crippen LogP contribution is -2.25. The van der Waals surface area contributed by atoms with Crippen LogP contribution in [0.1, 0.15) is 18.6 Å². The van der Waals surface area contributed by atoms with Gasteiger partial charge in [-0.05, 0) is 31.5 Å². The summed E-state index contributed by atoms with van der Waals surface area (Å²) in [5.74, 6) is 1.10. The van der Waals surface area contributed by atoms with Crippen LogP contribution in [0.5, 0.6) is 0 Å². The molecular formula is C16H18ClN3O2. The highest BCUT2D eigenvalue weighted by Gasteiger charge is 2.18. The summed E-state index contributed by atoms with van der Waals surface area (Å²) >= 11 is 6.13. The van der Waals surface area contributed by atoms with E-state index in [0.29, 0.717) is 35.4 Å². The van der Waals surface area contributed by atoms with Gasteiger partial charge in [0, 0.05) is 18.1 Å². The predicted octanol–water partition coefficient (Wildman–Crippen LogP) is 2.61. The molecule has 1 aliphatic rings. The lowest BCUT2D eigenvalue weighted by atomic mass is 10.0. The van der Waals surface area contributed by atoms with Crippen molar-refractivity contribution in [1.82, 2.24) is 15.8 Å². The molecule has 2 N–H and O–H groups in total. The Labute approximate surface area is 134 Å². The molecule has 0 saturated carbocycles. The first kappa shape index (κ1) is 15.1. The second kappa shape index (κ2) is 6.94. The summed E-state index contributed by atoms with van der Waals surface area (Å²) in [6.45, 7) is 2.27. The Morgan fingerprint density at radius 2 is 2.32 bits per heavy atom. The lowest BCUT2D eigenvalue weighted by molar-refractivity contribution is -0.122. The standard InChI is InChI=1S/C16H18ClN3O2/c17-14-4-2-1-3-13(14)15-8-12(22-20-15)10-19-16(21)7-11-5-6-18-9-11/h1-4,8,11,18H,5-7,9-10H2,(H,19,21)/t11-/m1/s1. The van der Waals surface area contributed by atoms with E-state index < -0.39 is 0 Å². The summed E-state index contributed by atoms with van der Waals surface area (Å²) in [6.07, 6.45) is 1.62. The average molecular weight is 320 g/mol. The molecule has 0 bridgehead atoms. The molecule has 1 amide bonds. The first-order valence-electron chi connectivity index (χ1n) is 7.40. The van der Waals surface area contributed by atoms with Crippen molar-refractivity contribution in [3.63, 3.8) is 0 Å². The third-order valence-corrected chi connectivity index (χ3v) is 4.13. The quantitative estimate of drug-likeness (QED) is 0.889. The molecule has 0 radical (unpaired) electrons. The van der Waals surface area contributed by atoms with Crippen LogP contribution in [-0.2, 0) is 11.3 Å². The minimum atomic E-state index is 0.0457. The van der Waals surface area contributed by atoms with E-state index in [-0.39, 0.29) is 5.91 Å². The average Bonchev–Trinajstić information content (AvgIpc) is 3.17. The highest BCUT2D eigenvalue weighted by Crippen LogP contribution is 2.26. The normalized spacial score (nSPS) is 17.6. The van der Waals surface area contributed by atoms with Gasteiger partial charge in [-0.25, -0.2) is 0 Å². The second-order valence-corrected chi connectivity index (χ2v) is 5.91. The molecule has 2 aromatic rings. The number of halogens is 1. The summed E-state index contributed by atoms with van der Waals surface area (Å²) in [6, 6.07) is 9.26. The molecule has 1 fully saturated rings. The van der Waals surface area contributed by atoms with Crippen molar-refractivity contribution in [3.8, 4) is 11.3 Å². The van der Waals surface area contributed by atoms with Gasteiger partial charge in [-0.3, -0.25) is 4.79 Å². The van der Waals surface area contributed by atoms with Crippen molar-refractivity contribution in [1.29, 1.82) is 0 Å². The topological polar surface area (TPSA) is 67.2 Å². The second-order valence-electron chi connectivity index (χ2n) is 5.50. The monoisotopic (exact) mass is 319 g/mol. The molecule has 3 rings (SSSR count). The van der Waals surface area contributed by atoms with Gasteiger partial charge < -0.3 is 15.2 Å². The van der Waals surface area contributed by atoms with E-state index in [2.05, 4.69) is 15.8 Å². The lowest BCUT2D eigenvalue weighted by Gasteiger charge is -2.07. The van der Waals surface area contributed by atoms with Gasteiger partial charge in [0.2, 0.25) is 5.91 Å². The van der Waals surface area contributed by atoms with Crippen LogP contribution in [0.15, 0.2) is 34.9 Å². The van der Waals surface area contributed by atoms with E-state index in [9.17, 15) is 4.79 Å². The molecule has 0 aliphatic carbocycles. The van der Waals surface area contributed by atoms with Crippen LogP contribution >= 0.6 is 11.6 Å². The molecule has 1 aromatic heterocycles. The molecule has 6 heteroatoms. The SMILES string of the molecule is O=C(C[C@H]1CCNC1)NCc1cc(-c2ccccc2Cl)no1. The molecule has 0 unspecified atom stereocenters. The van der Waals surface area contributed by atoms with E-state index in [1.54, 1.807) is 6.07 Å². The fourth-order valence-electron chi connectivity index (χ4n) is 2.60. The van der Waals surface area contributed by atoms with E-state index >= 15 is 0 Å². The molecule has 1 saturated heterocycles. The highest BCUT2D eigenvalue weighted by molar-refractivity contribution is 6.33. The smallest absolute Gasteiger partial charge is 0.220 e. The number of aromatic nitrogens is 1. The van der Waals surface area contributed by atoms with Crippen molar-refractivity contribution < 1.29 is 9.32 Å². The predicted molar refractivity (Wildman–Crippen MR) is 84.4 cm³/mol. The molecule has 116 valence electrons. The van der Waals surface area contributed by atoms with E-state index in [1.165, 1.54) is 0 Å². The van der Waals surface area contributed by atoms with E-state index in [0.717, 1.165) is 25.1 Å². The maximum absolute atomic E-state index is 11.9. The number of amides is 1. The van der Waals surface area contributed by atoms with Crippen molar-refractivity contribution in [2.24, 2.45) is 5.92 Å². The summed E-state index contributed by atoms with van der Waals surface area (Å²) in [5, 5.41) is 10.8. The third-order valence-electron chi connectivity index (χ3n) is 3.80. The largest absolute Gasteiger partial charge is 0.359 e. The van der Waals surface area contributed by atoms with Gasteiger partial charge in [-0.1, -0.05) is 35.0 Å². The summed E-state index contributed by atoms with van der Waals surface area (Å²) in [5.41, 5.74) is 1.50. The number of nitrogens with zero attached hydrogens (tertiary/aromatic N) is 1. The Morgan fingerprint density at radius 3 is 3.09 bits per heavy atom. The number of carbonyl (C=O) groups is 1. The van der Waals surface area contributed by atoms with Crippen LogP contribution in [0.25, 0.3) is 11.3 Å². The summed E-state index contributed by atoms with van der Waals surface area (Å²) in [7, 11) is 0. The molecule has 1 atom stereocenters. The minimum absolute atomic E-state index is 0.0457. The first-order chi connectivity index (χ1) is 10.7. The van der Waals surface area contributed by atoms with Gasteiger partial charge in [0.05, 0.1) is 11.6 Å². The van der Waals surface area contributed by atoms with Crippen LogP contribution in [0.3, 0.4) is 0 Å². The van der Waals surface area contributed by atoms with Crippen molar-refractivity contribution in [2.75, 3.05) is 13.1 Å². The maximum atomic E-state index is 11.9. The van der Waals surface area contributed by atoms with Gasteiger partial charge in [0.15, 0.2) is 5.76 Å². The Kier molecular flexibility index (Phi) is 4.75. The van der Waals surface area contributed by atoms with Gasteiger partial charge >= 0.3 is 0 Å². The number of rotatable bonds is 5. The van der Waals surface area contributed by atoms with Crippen LogP contribution in [-0.4, -0.2) is 24.2 Å². The number of carbonyl (C=O) groups excluding carboxylic acids is 1. The molecule has 1 aromatic carbocycles. The van der Waals surface area contributed by atoms with Crippen LogP contribution in [0.4, 0.5) is 0 Å². The van der Waals surface area contributed by atoms with Gasteiger partial charge in [-0.2, -0.15) is 0 Å². The van der Waals surface area contributed by atoms with Gasteiger partial charge in [0.25, 0.3) is 0 Å². The molecule has 5 nitrogen and oxygen atoms in total. The van der Waals surface area contributed by atoms with Crippen LogP contribution in [0.2, 0.25) is 5.02 Å². The summed E-state index contributed by atoms with van der Waals surface area (Å²) in [4.78, 5) is 11.9. The third kappa shape index (κ3) is 3.67. The molecule has 0 spiro atoms. The number of hydrogen-bond acceptors (Lipinski definition) is 4. The minimum Gasteiger partial charge on any atom is -0.359 e. The van der Waals surface area contributed by atoms with Crippen molar-refractivity contribution >= 4 is 17.5 Å². The fraction of sp³-hybridized carbons (Fsp3) is 0.375. The Hall–Kier alpha value is -1.85. The van der Waals surface area contributed by atoms with E-state index in [1.807, 2.05) is 24.3 Å². The van der Waals surface area contributed by atoms with Crippen LogP contribution < -0.4 is 10.6 Å². The van der Waals surface area contributed by atoms with E-state index in [4.69, 9.17) is 16.1 Å². The number of hydrogen-bond donors (Lipinski definition) is 2. The molecular weight excluding hydrogens is 302 g/mol.